The average Bonchev–Trinajstić information content (AvgIpc) is 2.35. The maximum absolute atomic E-state index is 11.9. The summed E-state index contributed by atoms with van der Waals surface area (Å²) in [4.78, 5) is 26.0. The number of carbonyl (C=O) groups excluding carboxylic acids is 1. The Morgan fingerprint density at radius 1 is 1.58 bits per heavy atom. The molecule has 1 heterocycles. The van der Waals surface area contributed by atoms with Crippen LogP contribution >= 0.6 is 0 Å². The van der Waals surface area contributed by atoms with Crippen LogP contribution in [-0.2, 0) is 4.79 Å². The van der Waals surface area contributed by atoms with E-state index in [4.69, 9.17) is 5.11 Å². The van der Waals surface area contributed by atoms with Gasteiger partial charge in [0, 0.05) is 19.6 Å². The van der Waals surface area contributed by atoms with Crippen molar-refractivity contribution in [3.8, 4) is 0 Å². The molecule has 0 bridgehead atoms. The Labute approximate surface area is 114 Å². The summed E-state index contributed by atoms with van der Waals surface area (Å²) in [7, 11) is 2.07. The Kier molecular flexibility index (Phi) is 6.35. The van der Waals surface area contributed by atoms with E-state index in [-0.39, 0.29) is 19.1 Å². The highest BCUT2D eigenvalue weighted by Gasteiger charge is 2.20. The standard InChI is InChI=1S/C13H23N3O3/c1-3-6-16(10-12(17)18)13(19)14-8-11-5-4-7-15(2)9-11/h3,11H,1,4-10H2,2H3,(H,14,19)(H,17,18). The highest BCUT2D eigenvalue weighted by atomic mass is 16.4. The number of carbonyl (C=O) groups is 2. The van der Waals surface area contributed by atoms with Crippen LogP contribution in [0.4, 0.5) is 4.79 Å². The van der Waals surface area contributed by atoms with Gasteiger partial charge in [0.25, 0.3) is 0 Å². The molecule has 108 valence electrons. The van der Waals surface area contributed by atoms with E-state index in [0.29, 0.717) is 12.5 Å². The van der Waals surface area contributed by atoms with Gasteiger partial charge in [0.05, 0.1) is 0 Å². The van der Waals surface area contributed by atoms with E-state index in [1.807, 2.05) is 0 Å². The fourth-order valence-corrected chi connectivity index (χ4v) is 2.32. The highest BCUT2D eigenvalue weighted by Crippen LogP contribution is 2.13. The molecular weight excluding hydrogens is 246 g/mol. The minimum atomic E-state index is -1.02. The van der Waals surface area contributed by atoms with Gasteiger partial charge in [-0.05, 0) is 32.4 Å². The molecule has 1 fully saturated rings. The van der Waals surface area contributed by atoms with Crippen LogP contribution in [0.5, 0.6) is 0 Å². The van der Waals surface area contributed by atoms with Crippen LogP contribution < -0.4 is 5.32 Å². The fourth-order valence-electron chi connectivity index (χ4n) is 2.32. The van der Waals surface area contributed by atoms with E-state index in [0.717, 1.165) is 25.9 Å². The van der Waals surface area contributed by atoms with Crippen molar-refractivity contribution < 1.29 is 14.7 Å². The van der Waals surface area contributed by atoms with Gasteiger partial charge in [-0.3, -0.25) is 4.79 Å². The first-order valence-electron chi connectivity index (χ1n) is 6.57. The molecule has 1 saturated heterocycles. The Hall–Kier alpha value is -1.56. The van der Waals surface area contributed by atoms with Gasteiger partial charge in [-0.25, -0.2) is 4.79 Å². The molecule has 0 radical (unpaired) electrons. The van der Waals surface area contributed by atoms with Crippen LogP contribution in [0.15, 0.2) is 12.7 Å². The Balaban J connectivity index is 2.38. The van der Waals surface area contributed by atoms with Crippen molar-refractivity contribution in [3.63, 3.8) is 0 Å². The zero-order valence-corrected chi connectivity index (χ0v) is 11.5. The van der Waals surface area contributed by atoms with Crippen molar-refractivity contribution in [3.05, 3.63) is 12.7 Å². The number of aliphatic carboxylic acids is 1. The molecule has 6 nitrogen and oxygen atoms in total. The van der Waals surface area contributed by atoms with Crippen molar-refractivity contribution in [2.24, 2.45) is 5.92 Å². The summed E-state index contributed by atoms with van der Waals surface area (Å²) in [6.07, 6.45) is 3.77. The number of piperidine rings is 1. The Bertz CT molecular complexity index is 333. The van der Waals surface area contributed by atoms with Crippen LogP contribution in [-0.4, -0.2) is 66.7 Å². The van der Waals surface area contributed by atoms with Gasteiger partial charge in [0.15, 0.2) is 0 Å². The highest BCUT2D eigenvalue weighted by molar-refractivity contribution is 5.80. The molecule has 0 saturated carbocycles. The molecule has 1 rings (SSSR count). The Morgan fingerprint density at radius 2 is 2.32 bits per heavy atom. The molecule has 2 N–H and O–H groups in total. The predicted molar refractivity (Wildman–Crippen MR) is 73.0 cm³/mol. The molecule has 0 aromatic heterocycles. The number of nitrogens with zero attached hydrogens (tertiary/aromatic N) is 2. The Morgan fingerprint density at radius 3 is 2.89 bits per heavy atom. The van der Waals surface area contributed by atoms with E-state index < -0.39 is 5.97 Å². The van der Waals surface area contributed by atoms with Gasteiger partial charge in [-0.1, -0.05) is 6.08 Å². The summed E-state index contributed by atoms with van der Waals surface area (Å²) in [6.45, 7) is 6.13. The number of carboxylic acid groups (broad SMARTS) is 1. The predicted octanol–water partition coefficient (Wildman–Crippen LogP) is 0.610. The van der Waals surface area contributed by atoms with Crippen LogP contribution in [0.1, 0.15) is 12.8 Å². The second-order valence-electron chi connectivity index (χ2n) is 5.02. The number of carboxylic acids is 1. The molecule has 1 atom stereocenters. The lowest BCUT2D eigenvalue weighted by Crippen LogP contribution is -2.46. The summed E-state index contributed by atoms with van der Waals surface area (Å²) in [5.41, 5.74) is 0. The first-order chi connectivity index (χ1) is 9.02. The van der Waals surface area contributed by atoms with E-state index in [2.05, 4.69) is 23.8 Å². The molecule has 0 aromatic rings. The van der Waals surface area contributed by atoms with Crippen molar-refractivity contribution in [2.45, 2.75) is 12.8 Å². The van der Waals surface area contributed by atoms with Gasteiger partial charge < -0.3 is 20.2 Å². The second-order valence-corrected chi connectivity index (χ2v) is 5.02. The van der Waals surface area contributed by atoms with E-state index in [1.54, 1.807) is 0 Å². The first kappa shape index (κ1) is 15.5. The number of hydrogen-bond acceptors (Lipinski definition) is 3. The quantitative estimate of drug-likeness (QED) is 0.693. The van der Waals surface area contributed by atoms with E-state index >= 15 is 0 Å². The smallest absolute Gasteiger partial charge is 0.323 e. The maximum Gasteiger partial charge on any atom is 0.323 e. The minimum Gasteiger partial charge on any atom is -0.480 e. The summed E-state index contributed by atoms with van der Waals surface area (Å²) < 4.78 is 0. The summed E-state index contributed by atoms with van der Waals surface area (Å²) in [5.74, 6) is -0.576. The van der Waals surface area contributed by atoms with Gasteiger partial charge in [-0.15, -0.1) is 6.58 Å². The second kappa shape index (κ2) is 7.78. The monoisotopic (exact) mass is 269 g/mol. The lowest BCUT2D eigenvalue weighted by Gasteiger charge is -2.30. The van der Waals surface area contributed by atoms with Crippen molar-refractivity contribution in [1.82, 2.24) is 15.1 Å². The number of amides is 2. The van der Waals surface area contributed by atoms with Crippen LogP contribution in [0.25, 0.3) is 0 Å². The number of nitrogens with one attached hydrogen (secondary N) is 1. The van der Waals surface area contributed by atoms with Crippen LogP contribution in [0, 0.1) is 5.92 Å². The molecular formula is C13H23N3O3. The van der Waals surface area contributed by atoms with Crippen LogP contribution in [0.2, 0.25) is 0 Å². The summed E-state index contributed by atoms with van der Waals surface area (Å²) >= 11 is 0. The normalized spacial score (nSPS) is 19.7. The molecule has 1 aliphatic heterocycles. The molecule has 0 spiro atoms. The summed E-state index contributed by atoms with van der Waals surface area (Å²) in [6, 6.07) is -0.337. The average molecular weight is 269 g/mol. The van der Waals surface area contributed by atoms with E-state index in [1.165, 1.54) is 11.0 Å². The first-order valence-corrected chi connectivity index (χ1v) is 6.57. The van der Waals surface area contributed by atoms with Crippen molar-refractivity contribution in [2.75, 3.05) is 39.8 Å². The van der Waals surface area contributed by atoms with Gasteiger partial charge in [-0.2, -0.15) is 0 Å². The molecule has 19 heavy (non-hydrogen) atoms. The topological polar surface area (TPSA) is 72.9 Å². The zero-order valence-electron chi connectivity index (χ0n) is 11.5. The van der Waals surface area contributed by atoms with Gasteiger partial charge in [0.2, 0.25) is 0 Å². The van der Waals surface area contributed by atoms with E-state index in [9.17, 15) is 9.59 Å². The zero-order chi connectivity index (χ0) is 14.3. The van der Waals surface area contributed by atoms with Gasteiger partial charge in [0.1, 0.15) is 6.54 Å². The number of hydrogen-bond donors (Lipinski definition) is 2. The molecule has 0 aliphatic carbocycles. The SMILES string of the molecule is C=CCN(CC(=O)O)C(=O)NCC1CCCN(C)C1. The maximum atomic E-state index is 11.9. The lowest BCUT2D eigenvalue weighted by molar-refractivity contribution is -0.137. The molecule has 0 aromatic carbocycles. The molecule has 1 aliphatic rings. The number of rotatable bonds is 6. The van der Waals surface area contributed by atoms with Crippen molar-refractivity contribution >= 4 is 12.0 Å². The minimum absolute atomic E-state index is 0.239. The number of likely N-dealkylation sites (tertiary alicyclic amines) is 1. The van der Waals surface area contributed by atoms with Crippen LogP contribution in [0.3, 0.4) is 0 Å². The molecule has 6 heteroatoms. The molecule has 1 unspecified atom stereocenters. The van der Waals surface area contributed by atoms with Crippen molar-refractivity contribution in [1.29, 1.82) is 0 Å². The third kappa shape index (κ3) is 5.74. The summed E-state index contributed by atoms with van der Waals surface area (Å²) in [5, 5.41) is 11.6. The third-order valence-corrected chi connectivity index (χ3v) is 3.23. The lowest BCUT2D eigenvalue weighted by atomic mass is 9.99. The largest absolute Gasteiger partial charge is 0.480 e. The van der Waals surface area contributed by atoms with Gasteiger partial charge >= 0.3 is 12.0 Å². The molecule has 2 amide bonds. The third-order valence-electron chi connectivity index (χ3n) is 3.23. The fraction of sp³-hybridized carbons (Fsp3) is 0.692. The number of urea groups is 1.